The highest BCUT2D eigenvalue weighted by Gasteiger charge is 2.10. The summed E-state index contributed by atoms with van der Waals surface area (Å²) in [5, 5.41) is 8.16. The Morgan fingerprint density at radius 1 is 0.783 bits per heavy atom. The van der Waals surface area contributed by atoms with Gasteiger partial charge in [-0.05, 0) is 63.7 Å². The van der Waals surface area contributed by atoms with Crippen molar-refractivity contribution in [1.29, 1.82) is 0 Å². The van der Waals surface area contributed by atoms with E-state index >= 15 is 0 Å². The molecule has 0 saturated heterocycles. The van der Waals surface area contributed by atoms with Crippen LogP contribution in [0.3, 0.4) is 0 Å². The molecule has 23 heavy (non-hydrogen) atoms. The van der Waals surface area contributed by atoms with Crippen molar-refractivity contribution >= 4 is 32.3 Å². The maximum Gasteiger partial charge on any atom is -0.00240 e. The van der Waals surface area contributed by atoms with Gasteiger partial charge < -0.3 is 5.73 Å². The third-order valence-corrected chi connectivity index (χ3v) is 4.86. The van der Waals surface area contributed by atoms with Crippen LogP contribution >= 0.6 is 0 Å². The summed E-state index contributed by atoms with van der Waals surface area (Å²) in [4.78, 5) is 0. The quantitative estimate of drug-likeness (QED) is 0.386. The fourth-order valence-electron chi connectivity index (χ4n) is 3.65. The van der Waals surface area contributed by atoms with E-state index in [0.717, 1.165) is 19.3 Å². The monoisotopic (exact) mass is 299 g/mol. The first-order chi connectivity index (χ1) is 11.3. The number of benzene rings is 4. The molecule has 0 aromatic heterocycles. The third kappa shape index (κ3) is 2.38. The normalized spacial score (nSPS) is 11.7. The molecule has 0 aliphatic carbocycles. The van der Waals surface area contributed by atoms with Crippen LogP contribution in [0.2, 0.25) is 0 Å². The van der Waals surface area contributed by atoms with Gasteiger partial charge in [0.25, 0.3) is 0 Å². The second kappa shape index (κ2) is 5.68. The van der Waals surface area contributed by atoms with Crippen LogP contribution in [-0.2, 0) is 6.42 Å². The highest BCUT2D eigenvalue weighted by atomic mass is 14.5. The topological polar surface area (TPSA) is 26.0 Å². The molecule has 0 unspecified atom stereocenters. The molecule has 0 aliphatic rings. The van der Waals surface area contributed by atoms with E-state index in [4.69, 9.17) is 5.73 Å². The smallest absolute Gasteiger partial charge is 0.00240 e. The number of rotatable bonds is 5. The summed E-state index contributed by atoms with van der Waals surface area (Å²) in [6, 6.07) is 20.1. The van der Waals surface area contributed by atoms with Gasteiger partial charge in [-0.15, -0.1) is 0 Å². The molecule has 0 atom stereocenters. The SMILES string of the molecule is C=C(CCN)CCc1ccc2ccc3cccc4ccc1c2c34. The lowest BCUT2D eigenvalue weighted by atomic mass is 9.90. The fraction of sp³-hybridized carbons (Fsp3) is 0.182. The molecular weight excluding hydrogens is 278 g/mol. The number of aryl methyl sites for hydroxylation is 1. The van der Waals surface area contributed by atoms with E-state index in [2.05, 4.69) is 61.2 Å². The van der Waals surface area contributed by atoms with E-state index in [0.29, 0.717) is 6.54 Å². The molecule has 4 rings (SSSR count). The summed E-state index contributed by atoms with van der Waals surface area (Å²) >= 11 is 0. The van der Waals surface area contributed by atoms with Gasteiger partial charge in [0.1, 0.15) is 0 Å². The van der Waals surface area contributed by atoms with E-state index in [1.165, 1.54) is 43.5 Å². The minimum atomic E-state index is 0.692. The Bertz CT molecular complexity index is 981. The summed E-state index contributed by atoms with van der Waals surface area (Å²) in [5.74, 6) is 0. The molecule has 2 N–H and O–H groups in total. The van der Waals surface area contributed by atoms with Crippen LogP contribution in [0.1, 0.15) is 18.4 Å². The highest BCUT2D eigenvalue weighted by Crippen LogP contribution is 2.36. The maximum absolute atomic E-state index is 5.63. The number of hydrogen-bond donors (Lipinski definition) is 1. The fourth-order valence-corrected chi connectivity index (χ4v) is 3.65. The Balaban J connectivity index is 1.88. The molecule has 0 spiro atoms. The van der Waals surface area contributed by atoms with Gasteiger partial charge in [0, 0.05) is 0 Å². The zero-order valence-electron chi connectivity index (χ0n) is 13.3. The van der Waals surface area contributed by atoms with Crippen molar-refractivity contribution in [1.82, 2.24) is 0 Å². The minimum absolute atomic E-state index is 0.692. The predicted octanol–water partition coefficient (Wildman–Crippen LogP) is 5.42. The Labute approximate surface area is 136 Å². The summed E-state index contributed by atoms with van der Waals surface area (Å²) in [6.07, 6.45) is 2.97. The van der Waals surface area contributed by atoms with Gasteiger partial charge in [0.2, 0.25) is 0 Å². The van der Waals surface area contributed by atoms with Gasteiger partial charge in [-0.1, -0.05) is 66.7 Å². The third-order valence-electron chi connectivity index (χ3n) is 4.86. The zero-order valence-corrected chi connectivity index (χ0v) is 13.3. The Kier molecular flexibility index (Phi) is 3.51. The molecule has 1 nitrogen and oxygen atoms in total. The second-order valence-electron chi connectivity index (χ2n) is 6.37. The molecular formula is C22H21N. The molecule has 1 heteroatoms. The summed E-state index contributed by atoms with van der Waals surface area (Å²) in [7, 11) is 0. The van der Waals surface area contributed by atoms with E-state index in [1.807, 2.05) is 0 Å². The van der Waals surface area contributed by atoms with Crippen LogP contribution in [0.4, 0.5) is 0 Å². The molecule has 0 amide bonds. The van der Waals surface area contributed by atoms with Crippen molar-refractivity contribution in [2.75, 3.05) is 6.54 Å². The molecule has 0 radical (unpaired) electrons. The van der Waals surface area contributed by atoms with E-state index in [1.54, 1.807) is 0 Å². The van der Waals surface area contributed by atoms with E-state index < -0.39 is 0 Å². The molecule has 0 heterocycles. The van der Waals surface area contributed by atoms with Gasteiger partial charge >= 0.3 is 0 Å². The van der Waals surface area contributed by atoms with Gasteiger partial charge in [-0.2, -0.15) is 0 Å². The summed E-state index contributed by atoms with van der Waals surface area (Å²) in [6.45, 7) is 4.83. The van der Waals surface area contributed by atoms with Crippen molar-refractivity contribution in [2.45, 2.75) is 19.3 Å². The highest BCUT2D eigenvalue weighted by molar-refractivity contribution is 6.23. The zero-order chi connectivity index (χ0) is 15.8. The number of nitrogens with two attached hydrogens (primary N) is 1. The van der Waals surface area contributed by atoms with Gasteiger partial charge in [-0.25, -0.2) is 0 Å². The van der Waals surface area contributed by atoms with E-state index in [9.17, 15) is 0 Å². The first-order valence-corrected chi connectivity index (χ1v) is 8.30. The van der Waals surface area contributed by atoms with Crippen LogP contribution in [0, 0.1) is 0 Å². The first-order valence-electron chi connectivity index (χ1n) is 8.30. The van der Waals surface area contributed by atoms with Crippen LogP contribution in [0.15, 0.2) is 66.7 Å². The molecule has 4 aromatic carbocycles. The van der Waals surface area contributed by atoms with Crippen molar-refractivity contribution in [3.05, 3.63) is 72.3 Å². The molecule has 4 aromatic rings. The van der Waals surface area contributed by atoms with Crippen molar-refractivity contribution in [2.24, 2.45) is 5.73 Å². The van der Waals surface area contributed by atoms with Crippen molar-refractivity contribution in [3.8, 4) is 0 Å². The molecule has 0 aliphatic heterocycles. The molecule has 0 fully saturated rings. The lowest BCUT2D eigenvalue weighted by Gasteiger charge is -2.14. The maximum atomic E-state index is 5.63. The lowest BCUT2D eigenvalue weighted by Crippen LogP contribution is -2.00. The van der Waals surface area contributed by atoms with Crippen LogP contribution in [0.25, 0.3) is 32.3 Å². The minimum Gasteiger partial charge on any atom is -0.330 e. The average Bonchev–Trinajstić information content (AvgIpc) is 2.58. The lowest BCUT2D eigenvalue weighted by molar-refractivity contribution is 0.850. The van der Waals surface area contributed by atoms with Crippen molar-refractivity contribution in [3.63, 3.8) is 0 Å². The van der Waals surface area contributed by atoms with Gasteiger partial charge in [0.05, 0.1) is 0 Å². The van der Waals surface area contributed by atoms with Crippen LogP contribution in [0.5, 0.6) is 0 Å². The standard InChI is InChI=1S/C22H21N/c1-15(13-14-23)5-6-16-7-8-19-10-9-17-3-2-4-18-11-12-20(16)22(19)21(17)18/h2-4,7-12H,1,5-6,13-14,23H2. The second-order valence-corrected chi connectivity index (χ2v) is 6.37. The average molecular weight is 299 g/mol. The predicted molar refractivity (Wildman–Crippen MR) is 101 cm³/mol. The summed E-state index contributed by atoms with van der Waals surface area (Å²) in [5.41, 5.74) is 8.29. The summed E-state index contributed by atoms with van der Waals surface area (Å²) < 4.78 is 0. The Morgan fingerprint density at radius 2 is 1.43 bits per heavy atom. The number of hydrogen-bond acceptors (Lipinski definition) is 1. The van der Waals surface area contributed by atoms with Crippen LogP contribution < -0.4 is 5.73 Å². The van der Waals surface area contributed by atoms with Crippen LogP contribution in [-0.4, -0.2) is 6.54 Å². The molecule has 0 bridgehead atoms. The van der Waals surface area contributed by atoms with E-state index in [-0.39, 0.29) is 0 Å². The Hall–Kier alpha value is -2.38. The molecule has 0 saturated carbocycles. The molecule has 114 valence electrons. The van der Waals surface area contributed by atoms with Crippen molar-refractivity contribution < 1.29 is 0 Å². The largest absolute Gasteiger partial charge is 0.330 e. The van der Waals surface area contributed by atoms with Gasteiger partial charge in [-0.3, -0.25) is 0 Å². The Morgan fingerprint density at radius 3 is 2.17 bits per heavy atom. The van der Waals surface area contributed by atoms with Gasteiger partial charge in [0.15, 0.2) is 0 Å². The first kappa shape index (κ1) is 14.2.